The number of methoxy groups -OCH3 is 1. The average molecular weight is 899 g/mol. The van der Waals surface area contributed by atoms with Crippen molar-refractivity contribution in [2.24, 2.45) is 4.99 Å². The van der Waals surface area contributed by atoms with E-state index in [0.29, 0.717) is 50.7 Å². The van der Waals surface area contributed by atoms with Crippen molar-refractivity contribution in [3.05, 3.63) is 120 Å². The topological polar surface area (TPSA) is 79.1 Å². The summed E-state index contributed by atoms with van der Waals surface area (Å²) in [5.41, 5.74) is 3.20. The van der Waals surface area contributed by atoms with E-state index in [4.69, 9.17) is 19.2 Å². The molecule has 3 aromatic carbocycles. The predicted molar refractivity (Wildman–Crippen MR) is 193 cm³/mol. The zero-order valence-corrected chi connectivity index (χ0v) is 31.0. The van der Waals surface area contributed by atoms with Crippen LogP contribution < -0.4 is 24.4 Å². The Kier molecular flexibility index (Phi) is 11.0. The number of carbonyl (C=O) groups excluding carboxylic acids is 1. The van der Waals surface area contributed by atoms with Gasteiger partial charge in [0.15, 0.2) is 4.80 Å². The quantitative estimate of drug-likeness (QED) is 0.125. The maximum absolute atomic E-state index is 14.3. The van der Waals surface area contributed by atoms with Crippen LogP contribution in [0.4, 0.5) is 0 Å². The van der Waals surface area contributed by atoms with Gasteiger partial charge in [0.05, 0.1) is 33.1 Å². The van der Waals surface area contributed by atoms with Crippen LogP contribution in [0.3, 0.4) is 0 Å². The maximum Gasteiger partial charge on any atom is 0.338 e. The lowest BCUT2D eigenvalue weighted by molar-refractivity contribution is -0.139. The monoisotopic (exact) mass is 898 g/mol. The number of allylic oxidation sites excluding steroid dienone is 1. The zero-order valence-electron chi connectivity index (χ0n) is 24.2. The van der Waals surface area contributed by atoms with E-state index in [2.05, 4.69) is 61.1 Å². The lowest BCUT2D eigenvalue weighted by Gasteiger charge is -2.27. The van der Waals surface area contributed by atoms with Gasteiger partial charge < -0.3 is 14.2 Å². The van der Waals surface area contributed by atoms with E-state index in [1.54, 1.807) is 18.6 Å². The van der Waals surface area contributed by atoms with Crippen LogP contribution in [0.2, 0.25) is 0 Å². The first-order valence-electron chi connectivity index (χ1n) is 14.0. The highest BCUT2D eigenvalue weighted by Gasteiger charge is 2.36. The minimum atomic E-state index is -0.786. The molecule has 1 aliphatic rings. The molecule has 1 aliphatic heterocycles. The maximum atomic E-state index is 14.3. The fraction of sp³-hybridized carbons (Fsp3) is 0.242. The molecule has 5 rings (SSSR count). The molecule has 2 heterocycles. The number of benzene rings is 3. The predicted octanol–water partition coefficient (Wildman–Crippen LogP) is 7.14. The number of esters is 1. The van der Waals surface area contributed by atoms with Crippen molar-refractivity contribution < 1.29 is 19.0 Å². The number of ether oxygens (including phenoxy) is 3. The molecule has 0 N–H and O–H groups in total. The van der Waals surface area contributed by atoms with Gasteiger partial charge in [0.2, 0.25) is 0 Å². The molecule has 44 heavy (non-hydrogen) atoms. The second-order valence-electron chi connectivity index (χ2n) is 9.88. The molecule has 0 unspecified atom stereocenters. The Balaban J connectivity index is 1.73. The molecule has 0 amide bonds. The highest BCUT2D eigenvalue weighted by Crippen LogP contribution is 2.38. The van der Waals surface area contributed by atoms with Crippen LogP contribution in [-0.2, 0) is 16.1 Å². The number of thiazole rings is 1. The van der Waals surface area contributed by atoms with Gasteiger partial charge in [0.1, 0.15) is 24.1 Å². The first-order valence-corrected chi connectivity index (χ1v) is 17.7. The van der Waals surface area contributed by atoms with Gasteiger partial charge in [-0.3, -0.25) is 9.36 Å². The number of halogens is 3. The first-order chi connectivity index (χ1) is 21.2. The number of hydrogen-bond donors (Lipinski definition) is 0. The Bertz CT molecular complexity index is 1920. The van der Waals surface area contributed by atoms with E-state index < -0.39 is 12.0 Å². The van der Waals surface area contributed by atoms with Crippen LogP contribution in [0.25, 0.3) is 6.08 Å². The second kappa shape index (κ2) is 14.7. The Labute approximate surface area is 295 Å². The summed E-state index contributed by atoms with van der Waals surface area (Å²) in [7, 11) is 1.58. The Morgan fingerprint density at radius 1 is 1.11 bits per heavy atom. The normalized spacial score (nSPS) is 14.7. The number of rotatable bonds is 10. The molecule has 4 aromatic rings. The summed E-state index contributed by atoms with van der Waals surface area (Å²) in [5.74, 6) is 0.755. The van der Waals surface area contributed by atoms with Gasteiger partial charge in [-0.2, -0.15) is 0 Å². The number of carbonyl (C=O) groups is 1. The molecule has 0 bridgehead atoms. The van der Waals surface area contributed by atoms with E-state index in [1.807, 2.05) is 73.7 Å². The van der Waals surface area contributed by atoms with Gasteiger partial charge in [-0.15, -0.1) is 0 Å². The molecule has 0 saturated carbocycles. The third kappa shape index (κ3) is 7.00. The average Bonchev–Trinajstić information content (AvgIpc) is 3.30. The molecule has 0 saturated heterocycles. The number of aromatic nitrogens is 1. The van der Waals surface area contributed by atoms with Crippen LogP contribution in [-0.4, -0.2) is 24.3 Å². The lowest BCUT2D eigenvalue weighted by Crippen LogP contribution is -2.40. The highest BCUT2D eigenvalue weighted by molar-refractivity contribution is 14.1. The molecule has 228 valence electrons. The van der Waals surface area contributed by atoms with Crippen molar-refractivity contribution >= 4 is 84.5 Å². The largest absolute Gasteiger partial charge is 0.496 e. The lowest BCUT2D eigenvalue weighted by atomic mass is 9.93. The zero-order chi connectivity index (χ0) is 31.4. The smallest absolute Gasteiger partial charge is 0.338 e. The summed E-state index contributed by atoms with van der Waals surface area (Å²) in [6.07, 6.45) is 3.18. The summed E-state index contributed by atoms with van der Waals surface area (Å²) < 4.78 is 22.4. The summed E-state index contributed by atoms with van der Waals surface area (Å²) in [4.78, 5) is 33.3. The third-order valence-corrected chi connectivity index (χ3v) is 9.83. The number of hydrogen-bond acceptors (Lipinski definition) is 7. The molecular weight excluding hydrogens is 870 g/mol. The SMILES string of the molecule is CCCC1=C(C(=O)OCC)[C@@H](c2cc(Br)ccc2OC)n2c(s/c(=C/c3cc(I)cc(I)c3OCc3ccccc3)c2=O)=N1. The molecule has 0 aliphatic carbocycles. The number of nitrogens with zero attached hydrogens (tertiary/aromatic N) is 2. The van der Waals surface area contributed by atoms with Gasteiger partial charge in [0.25, 0.3) is 5.56 Å². The van der Waals surface area contributed by atoms with Crippen molar-refractivity contribution in [3.63, 3.8) is 0 Å². The Morgan fingerprint density at radius 2 is 1.89 bits per heavy atom. The minimum absolute atomic E-state index is 0.200. The van der Waals surface area contributed by atoms with Crippen LogP contribution in [0.15, 0.2) is 86.2 Å². The fourth-order valence-electron chi connectivity index (χ4n) is 5.04. The van der Waals surface area contributed by atoms with Crippen LogP contribution in [0, 0.1) is 7.14 Å². The van der Waals surface area contributed by atoms with Crippen molar-refractivity contribution in [1.29, 1.82) is 0 Å². The van der Waals surface area contributed by atoms with E-state index in [9.17, 15) is 9.59 Å². The van der Waals surface area contributed by atoms with Gasteiger partial charge in [-0.1, -0.05) is 70.9 Å². The molecule has 11 heteroatoms. The van der Waals surface area contributed by atoms with Gasteiger partial charge in [-0.25, -0.2) is 9.79 Å². The summed E-state index contributed by atoms with van der Waals surface area (Å²) in [6.45, 7) is 4.39. The van der Waals surface area contributed by atoms with Crippen molar-refractivity contribution in [1.82, 2.24) is 4.57 Å². The number of fused-ring (bicyclic) bond motifs is 1. The summed E-state index contributed by atoms with van der Waals surface area (Å²) in [5, 5.41) is 0. The Morgan fingerprint density at radius 3 is 2.59 bits per heavy atom. The molecule has 1 aromatic heterocycles. The molecule has 0 radical (unpaired) electrons. The van der Waals surface area contributed by atoms with Crippen LogP contribution >= 0.6 is 72.4 Å². The van der Waals surface area contributed by atoms with Gasteiger partial charge in [0, 0.05) is 19.2 Å². The second-order valence-corrected chi connectivity index (χ2v) is 14.2. The molecule has 7 nitrogen and oxygen atoms in total. The standard InChI is InChI=1S/C33H29BrI2N2O5S/c1-4-9-25-28(32(40)42-5-2)29(23-16-21(34)12-13-26(23)41-3)38-31(39)27(44-33(38)37-25)15-20-14-22(35)17-24(36)30(20)43-18-19-10-7-6-8-11-19/h6-8,10-17,29H,4-5,9,18H2,1-3H3/b27-15+/t29-/m1/s1. The summed E-state index contributed by atoms with van der Waals surface area (Å²) in [6, 6.07) is 18.8. The Hall–Kier alpha value is -2.49. The van der Waals surface area contributed by atoms with Crippen molar-refractivity contribution in [2.45, 2.75) is 39.3 Å². The highest BCUT2D eigenvalue weighted by atomic mass is 127. The van der Waals surface area contributed by atoms with Crippen LogP contribution in [0.1, 0.15) is 49.4 Å². The summed E-state index contributed by atoms with van der Waals surface area (Å²) >= 11 is 9.40. The fourth-order valence-corrected chi connectivity index (χ4v) is 8.48. The third-order valence-electron chi connectivity index (χ3n) is 6.93. The van der Waals surface area contributed by atoms with Gasteiger partial charge >= 0.3 is 5.97 Å². The van der Waals surface area contributed by atoms with Crippen LogP contribution in [0.5, 0.6) is 11.5 Å². The molecule has 0 spiro atoms. The van der Waals surface area contributed by atoms with Crippen molar-refractivity contribution in [2.75, 3.05) is 13.7 Å². The molecule has 0 fully saturated rings. The van der Waals surface area contributed by atoms with E-state index in [0.717, 1.165) is 29.2 Å². The molecular formula is C33H29BrI2N2O5S. The molecule has 1 atom stereocenters. The van der Waals surface area contributed by atoms with Crippen molar-refractivity contribution in [3.8, 4) is 11.5 Å². The van der Waals surface area contributed by atoms with E-state index in [-0.39, 0.29) is 12.2 Å². The van der Waals surface area contributed by atoms with E-state index >= 15 is 0 Å². The minimum Gasteiger partial charge on any atom is -0.496 e. The first kappa shape index (κ1) is 32.9. The van der Waals surface area contributed by atoms with Gasteiger partial charge in [-0.05, 0) is 100 Å². The van der Waals surface area contributed by atoms with E-state index in [1.165, 1.54) is 11.3 Å².